The summed E-state index contributed by atoms with van der Waals surface area (Å²) in [4.78, 5) is 0.0837. The number of hydrogen-bond acceptors (Lipinski definition) is 5. The molecular formula is C13H21NO5S. The molecule has 0 bridgehead atoms. The summed E-state index contributed by atoms with van der Waals surface area (Å²) in [6.45, 7) is 2.92. The summed E-state index contributed by atoms with van der Waals surface area (Å²) in [5.41, 5.74) is 0. The lowest BCUT2D eigenvalue weighted by Crippen LogP contribution is -2.25. The number of aliphatic hydroxyl groups excluding tert-OH is 1. The van der Waals surface area contributed by atoms with Crippen LogP contribution in [0.5, 0.6) is 0 Å². The molecule has 0 aromatic carbocycles. The first-order valence-corrected chi connectivity index (χ1v) is 8.29. The van der Waals surface area contributed by atoms with E-state index in [0.717, 1.165) is 12.5 Å². The maximum atomic E-state index is 12.0. The Morgan fingerprint density at radius 3 is 2.85 bits per heavy atom. The molecule has 2 rings (SSSR count). The van der Waals surface area contributed by atoms with Crippen molar-refractivity contribution in [3.63, 3.8) is 0 Å². The molecule has 7 heteroatoms. The molecule has 1 aromatic heterocycles. The van der Waals surface area contributed by atoms with Crippen LogP contribution in [0, 0.1) is 12.8 Å². The Morgan fingerprint density at radius 1 is 1.50 bits per heavy atom. The highest BCUT2D eigenvalue weighted by Crippen LogP contribution is 2.28. The second-order valence-corrected chi connectivity index (χ2v) is 6.80. The number of hydrogen-bond donors (Lipinski definition) is 2. The van der Waals surface area contributed by atoms with Crippen molar-refractivity contribution in [1.82, 2.24) is 4.72 Å². The summed E-state index contributed by atoms with van der Waals surface area (Å²) in [5.74, 6) is 1.25. The molecule has 0 amide bonds. The number of aliphatic hydroxyl groups is 1. The molecule has 1 heterocycles. The highest BCUT2D eigenvalue weighted by Gasteiger charge is 2.22. The van der Waals surface area contributed by atoms with E-state index < -0.39 is 10.0 Å². The highest BCUT2D eigenvalue weighted by atomic mass is 32.2. The van der Waals surface area contributed by atoms with Crippen molar-refractivity contribution in [3.05, 3.63) is 17.6 Å². The van der Waals surface area contributed by atoms with Crippen LogP contribution in [0.2, 0.25) is 0 Å². The third-order valence-electron chi connectivity index (χ3n) is 3.18. The van der Waals surface area contributed by atoms with Gasteiger partial charge in [0.15, 0.2) is 0 Å². The van der Waals surface area contributed by atoms with Gasteiger partial charge in [-0.2, -0.15) is 0 Å². The molecular weight excluding hydrogens is 282 g/mol. The minimum absolute atomic E-state index is 0.0837. The topological polar surface area (TPSA) is 88.8 Å². The van der Waals surface area contributed by atoms with Crippen LogP contribution in [0.1, 0.15) is 30.8 Å². The zero-order chi connectivity index (χ0) is 14.6. The van der Waals surface area contributed by atoms with Crippen LogP contribution < -0.4 is 4.72 Å². The second kappa shape index (κ2) is 6.71. The van der Waals surface area contributed by atoms with E-state index in [2.05, 4.69) is 4.72 Å². The van der Waals surface area contributed by atoms with Crippen LogP contribution in [0.4, 0.5) is 0 Å². The summed E-state index contributed by atoms with van der Waals surface area (Å²) in [7, 11) is -3.58. The Morgan fingerprint density at radius 2 is 2.25 bits per heavy atom. The van der Waals surface area contributed by atoms with Crippen molar-refractivity contribution < 1.29 is 22.7 Å². The van der Waals surface area contributed by atoms with E-state index in [4.69, 9.17) is 14.3 Å². The van der Waals surface area contributed by atoms with Crippen molar-refractivity contribution in [1.29, 1.82) is 0 Å². The fourth-order valence-corrected chi connectivity index (χ4v) is 3.14. The predicted molar refractivity (Wildman–Crippen MR) is 72.7 cm³/mol. The van der Waals surface area contributed by atoms with Crippen LogP contribution in [-0.4, -0.2) is 33.3 Å². The van der Waals surface area contributed by atoms with Crippen LogP contribution in [0.15, 0.2) is 15.4 Å². The molecule has 0 saturated heterocycles. The Balaban J connectivity index is 1.75. The van der Waals surface area contributed by atoms with Gasteiger partial charge in [-0.1, -0.05) is 0 Å². The van der Waals surface area contributed by atoms with Crippen molar-refractivity contribution in [3.8, 4) is 0 Å². The molecule has 0 unspecified atom stereocenters. The fraction of sp³-hybridized carbons (Fsp3) is 0.692. The van der Waals surface area contributed by atoms with E-state index in [1.165, 1.54) is 18.9 Å². The second-order valence-electron chi connectivity index (χ2n) is 5.06. The van der Waals surface area contributed by atoms with E-state index in [1.54, 1.807) is 6.92 Å². The fourth-order valence-electron chi connectivity index (χ4n) is 1.86. The summed E-state index contributed by atoms with van der Waals surface area (Å²) in [6.07, 6.45) is 3.13. The van der Waals surface area contributed by atoms with E-state index in [0.29, 0.717) is 19.6 Å². The molecule has 0 spiro atoms. The Bertz CT molecular complexity index is 533. The molecule has 0 atom stereocenters. The molecule has 2 N–H and O–H groups in total. The molecule has 1 saturated carbocycles. The third-order valence-corrected chi connectivity index (χ3v) is 4.75. The molecule has 114 valence electrons. The normalized spacial score (nSPS) is 15.7. The maximum absolute atomic E-state index is 12.0. The molecule has 20 heavy (non-hydrogen) atoms. The van der Waals surface area contributed by atoms with E-state index in [9.17, 15) is 8.42 Å². The zero-order valence-corrected chi connectivity index (χ0v) is 12.4. The summed E-state index contributed by atoms with van der Waals surface area (Å²) >= 11 is 0. The first-order chi connectivity index (χ1) is 9.53. The lowest BCUT2D eigenvalue weighted by molar-refractivity contribution is 0.123. The number of furan rings is 1. The molecule has 1 aliphatic carbocycles. The number of ether oxygens (including phenoxy) is 1. The molecule has 1 aromatic rings. The number of rotatable bonds is 9. The molecule has 1 aliphatic rings. The minimum Gasteiger partial charge on any atom is -0.462 e. The number of nitrogens with one attached hydrogen (secondary N) is 1. The van der Waals surface area contributed by atoms with Crippen LogP contribution in [0.3, 0.4) is 0 Å². The largest absolute Gasteiger partial charge is 0.462 e. The standard InChI is InChI=1S/C13H21NO5S/c1-10-13(7-12(8-15)19-10)20(16,17)14-5-2-6-18-9-11-3-4-11/h7,11,14-15H,2-6,8-9H2,1H3. The van der Waals surface area contributed by atoms with Gasteiger partial charge in [0.25, 0.3) is 0 Å². The van der Waals surface area contributed by atoms with Gasteiger partial charge in [0.05, 0.1) is 0 Å². The molecule has 6 nitrogen and oxygen atoms in total. The Kier molecular flexibility index (Phi) is 5.20. The molecule has 0 radical (unpaired) electrons. The first-order valence-electron chi connectivity index (χ1n) is 6.80. The van der Waals surface area contributed by atoms with E-state index >= 15 is 0 Å². The van der Waals surface area contributed by atoms with Crippen molar-refractivity contribution >= 4 is 10.0 Å². The average molecular weight is 303 g/mol. The first kappa shape index (κ1) is 15.5. The van der Waals surface area contributed by atoms with E-state index in [-0.39, 0.29) is 23.0 Å². The SMILES string of the molecule is Cc1oc(CO)cc1S(=O)(=O)NCCCOCC1CC1. The van der Waals surface area contributed by atoms with Crippen molar-refractivity contribution in [2.75, 3.05) is 19.8 Å². The Labute approximate surface area is 119 Å². The predicted octanol–water partition coefficient (Wildman–Crippen LogP) is 1.18. The van der Waals surface area contributed by atoms with Gasteiger partial charge in [-0.25, -0.2) is 13.1 Å². The van der Waals surface area contributed by atoms with E-state index in [1.807, 2.05) is 0 Å². The summed E-state index contributed by atoms with van der Waals surface area (Å²) in [6, 6.07) is 1.35. The summed E-state index contributed by atoms with van der Waals surface area (Å²) < 4.78 is 37.2. The van der Waals surface area contributed by atoms with Gasteiger partial charge >= 0.3 is 0 Å². The van der Waals surface area contributed by atoms with Crippen molar-refractivity contribution in [2.24, 2.45) is 5.92 Å². The van der Waals surface area contributed by atoms with Crippen molar-refractivity contribution in [2.45, 2.75) is 37.7 Å². The van der Waals surface area contributed by atoms with Gasteiger partial charge < -0.3 is 14.3 Å². The van der Waals surface area contributed by atoms with Crippen LogP contribution >= 0.6 is 0 Å². The monoisotopic (exact) mass is 303 g/mol. The lowest BCUT2D eigenvalue weighted by Gasteiger charge is -2.06. The lowest BCUT2D eigenvalue weighted by atomic mass is 10.4. The average Bonchev–Trinajstić information content (AvgIpc) is 3.14. The third kappa shape index (κ3) is 4.31. The smallest absolute Gasteiger partial charge is 0.244 e. The van der Waals surface area contributed by atoms with Gasteiger partial charge in [-0.3, -0.25) is 0 Å². The highest BCUT2D eigenvalue weighted by molar-refractivity contribution is 7.89. The Hall–Kier alpha value is -0.890. The van der Waals surface area contributed by atoms with Gasteiger partial charge in [0.2, 0.25) is 10.0 Å². The number of aryl methyl sites for hydroxylation is 1. The van der Waals surface area contributed by atoms with Gasteiger partial charge in [0.1, 0.15) is 23.0 Å². The minimum atomic E-state index is -3.58. The zero-order valence-electron chi connectivity index (χ0n) is 11.6. The quantitative estimate of drug-likeness (QED) is 0.669. The van der Waals surface area contributed by atoms with Gasteiger partial charge in [-0.05, 0) is 32.1 Å². The van der Waals surface area contributed by atoms with Gasteiger partial charge in [-0.15, -0.1) is 0 Å². The van der Waals surface area contributed by atoms with Gasteiger partial charge in [0, 0.05) is 25.8 Å². The number of sulfonamides is 1. The summed E-state index contributed by atoms with van der Waals surface area (Å²) in [5, 5.41) is 8.94. The van der Waals surface area contributed by atoms with Crippen LogP contribution in [-0.2, 0) is 21.4 Å². The molecule has 0 aliphatic heterocycles. The maximum Gasteiger partial charge on any atom is 0.244 e. The van der Waals surface area contributed by atoms with Crippen LogP contribution in [0.25, 0.3) is 0 Å². The molecule has 1 fully saturated rings.